The number of halogens is 1. The highest BCUT2D eigenvalue weighted by Gasteiger charge is 2.43. The zero-order valence-corrected chi connectivity index (χ0v) is 22.3. The van der Waals surface area contributed by atoms with E-state index in [1.807, 2.05) is 47.6 Å². The van der Waals surface area contributed by atoms with Crippen molar-refractivity contribution >= 4 is 40.3 Å². The van der Waals surface area contributed by atoms with Gasteiger partial charge in [-0.3, -0.25) is 15.1 Å². The van der Waals surface area contributed by atoms with Gasteiger partial charge in [0.1, 0.15) is 11.5 Å². The highest BCUT2D eigenvalue weighted by Crippen LogP contribution is 2.47. The summed E-state index contributed by atoms with van der Waals surface area (Å²) in [6.45, 7) is 3.86. The normalized spacial score (nSPS) is 16.9. The van der Waals surface area contributed by atoms with Gasteiger partial charge in [-0.15, -0.1) is 0 Å². The molecule has 11 heteroatoms. The van der Waals surface area contributed by atoms with Gasteiger partial charge in [-0.25, -0.2) is 0 Å². The Labute approximate surface area is 229 Å². The molecule has 0 bridgehead atoms. The van der Waals surface area contributed by atoms with Crippen molar-refractivity contribution in [1.82, 2.24) is 14.9 Å². The minimum Gasteiger partial charge on any atom is -0.506 e. The Hall–Kier alpha value is -4.15. The van der Waals surface area contributed by atoms with Crippen LogP contribution in [0.2, 0.25) is 5.02 Å². The van der Waals surface area contributed by atoms with Crippen LogP contribution >= 0.6 is 23.8 Å². The van der Waals surface area contributed by atoms with E-state index in [0.717, 1.165) is 22.6 Å². The van der Waals surface area contributed by atoms with Gasteiger partial charge in [-0.2, -0.15) is 0 Å². The Balaban J connectivity index is 1.73. The molecule has 0 spiro atoms. The van der Waals surface area contributed by atoms with Crippen LogP contribution in [0.3, 0.4) is 0 Å². The number of phenols is 1. The molecule has 1 aliphatic heterocycles. The maximum Gasteiger partial charge on any atom is 0.271 e. The predicted molar refractivity (Wildman–Crippen MR) is 149 cm³/mol. The first-order valence-corrected chi connectivity index (χ1v) is 12.5. The molecule has 194 valence electrons. The second kappa shape index (κ2) is 9.96. The Morgan fingerprint density at radius 3 is 2.61 bits per heavy atom. The minimum absolute atomic E-state index is 0.0272. The summed E-state index contributed by atoms with van der Waals surface area (Å²) in [5.74, 6) is 0.522. The van der Waals surface area contributed by atoms with Crippen LogP contribution in [0, 0.1) is 24.0 Å². The van der Waals surface area contributed by atoms with Crippen molar-refractivity contribution in [2.24, 2.45) is 0 Å². The molecule has 4 aromatic rings. The zero-order valence-electron chi connectivity index (χ0n) is 20.8. The number of phenolic OH excluding ortho intramolecular Hbond substituents is 1. The number of aromatic hydroxyl groups is 1. The molecule has 2 N–H and O–H groups in total. The fraction of sp³-hybridized carbons (Fsp3) is 0.185. The fourth-order valence-corrected chi connectivity index (χ4v) is 5.55. The van der Waals surface area contributed by atoms with Crippen LogP contribution in [0.5, 0.6) is 11.5 Å². The van der Waals surface area contributed by atoms with Crippen molar-refractivity contribution in [2.75, 3.05) is 12.0 Å². The van der Waals surface area contributed by atoms with Crippen LogP contribution < -0.4 is 15.0 Å². The van der Waals surface area contributed by atoms with E-state index in [1.54, 1.807) is 24.4 Å². The maximum atomic E-state index is 11.5. The smallest absolute Gasteiger partial charge is 0.271 e. The van der Waals surface area contributed by atoms with Gasteiger partial charge in [0.25, 0.3) is 5.69 Å². The van der Waals surface area contributed by atoms with Gasteiger partial charge in [0.2, 0.25) is 0 Å². The second-order valence-corrected chi connectivity index (χ2v) is 9.73. The molecule has 0 amide bonds. The van der Waals surface area contributed by atoms with Crippen molar-refractivity contribution in [2.45, 2.75) is 25.9 Å². The maximum absolute atomic E-state index is 11.5. The number of aromatic nitrogens is 2. The summed E-state index contributed by atoms with van der Waals surface area (Å²) >= 11 is 12.1. The molecule has 2 aromatic heterocycles. The van der Waals surface area contributed by atoms with Crippen LogP contribution in [0.4, 0.5) is 11.4 Å². The van der Waals surface area contributed by atoms with E-state index in [9.17, 15) is 15.2 Å². The Morgan fingerprint density at radius 2 is 1.92 bits per heavy atom. The number of nitrogens with zero attached hydrogens (tertiary/aromatic N) is 4. The first kappa shape index (κ1) is 25.5. The molecule has 1 aliphatic rings. The first-order valence-electron chi connectivity index (χ1n) is 11.7. The molecule has 9 nitrogen and oxygen atoms in total. The van der Waals surface area contributed by atoms with Gasteiger partial charge < -0.3 is 24.6 Å². The number of methoxy groups -OCH3 is 1. The number of thiocarbonyl (C=S) groups is 1. The third-order valence-electron chi connectivity index (χ3n) is 6.70. The van der Waals surface area contributed by atoms with Crippen molar-refractivity contribution in [3.8, 4) is 17.2 Å². The van der Waals surface area contributed by atoms with Gasteiger partial charge in [-0.05, 0) is 74.1 Å². The van der Waals surface area contributed by atoms with Gasteiger partial charge in [0.15, 0.2) is 5.11 Å². The topological polar surface area (TPSA) is 106 Å². The summed E-state index contributed by atoms with van der Waals surface area (Å²) in [5.41, 5.74) is 4.27. The Bertz CT molecular complexity index is 1560. The lowest BCUT2D eigenvalue weighted by Crippen LogP contribution is -2.29. The molecule has 2 aromatic carbocycles. The van der Waals surface area contributed by atoms with Gasteiger partial charge >= 0.3 is 0 Å². The number of anilines is 1. The Morgan fingerprint density at radius 1 is 1.13 bits per heavy atom. The van der Waals surface area contributed by atoms with Gasteiger partial charge in [-0.1, -0.05) is 17.7 Å². The van der Waals surface area contributed by atoms with Crippen molar-refractivity contribution < 1.29 is 14.8 Å². The third-order valence-corrected chi connectivity index (χ3v) is 7.25. The van der Waals surface area contributed by atoms with E-state index in [-0.39, 0.29) is 17.5 Å². The van der Waals surface area contributed by atoms with E-state index < -0.39 is 11.0 Å². The molecule has 0 aliphatic carbocycles. The van der Waals surface area contributed by atoms with E-state index in [4.69, 9.17) is 28.6 Å². The summed E-state index contributed by atoms with van der Waals surface area (Å²) in [6, 6.07) is 16.2. The lowest BCUT2D eigenvalue weighted by Gasteiger charge is -2.29. The fourth-order valence-electron chi connectivity index (χ4n) is 5.04. The highest BCUT2D eigenvalue weighted by atomic mass is 35.5. The molecule has 0 saturated carbocycles. The number of nitro groups is 1. The van der Waals surface area contributed by atoms with Gasteiger partial charge in [0, 0.05) is 34.7 Å². The molecule has 1 fully saturated rings. The van der Waals surface area contributed by atoms with Crippen LogP contribution in [-0.2, 0) is 0 Å². The predicted octanol–water partition coefficient (Wildman–Crippen LogP) is 5.94. The van der Waals surface area contributed by atoms with Crippen LogP contribution in [-0.4, -0.2) is 31.8 Å². The molecule has 3 heterocycles. The molecule has 38 heavy (non-hydrogen) atoms. The quantitative estimate of drug-likeness (QED) is 0.173. The van der Waals surface area contributed by atoms with Crippen molar-refractivity contribution in [3.63, 3.8) is 0 Å². The molecule has 5 rings (SSSR count). The largest absolute Gasteiger partial charge is 0.506 e. The third kappa shape index (κ3) is 4.31. The summed E-state index contributed by atoms with van der Waals surface area (Å²) in [5, 5.41) is 26.6. The monoisotopic (exact) mass is 549 g/mol. The zero-order chi connectivity index (χ0) is 27.1. The highest BCUT2D eigenvalue weighted by molar-refractivity contribution is 7.80. The number of hydrogen-bond acceptors (Lipinski definition) is 6. The van der Waals surface area contributed by atoms with Crippen LogP contribution in [0.25, 0.3) is 5.69 Å². The Kier molecular flexibility index (Phi) is 6.68. The summed E-state index contributed by atoms with van der Waals surface area (Å²) in [6.07, 6.45) is 1.72. The lowest BCUT2D eigenvalue weighted by molar-refractivity contribution is -0.384. The SMILES string of the molecule is COc1ccc([N+](=O)[O-])cc1-n1c(C)cc([C@@H]2[C@H](c3ccccn3)NC(=S)N2c2cc(Cl)ccc2O)c1C. The number of aryl methyl sites for hydroxylation is 1. The summed E-state index contributed by atoms with van der Waals surface area (Å²) in [7, 11) is 1.53. The molecule has 0 unspecified atom stereocenters. The number of nitrogens with one attached hydrogen (secondary N) is 1. The summed E-state index contributed by atoms with van der Waals surface area (Å²) in [4.78, 5) is 17.5. The van der Waals surface area contributed by atoms with Crippen LogP contribution in [0.15, 0.2) is 66.9 Å². The van der Waals surface area contributed by atoms with Crippen molar-refractivity contribution in [3.05, 3.63) is 105 Å². The lowest BCUT2D eigenvalue weighted by atomic mass is 9.96. The minimum atomic E-state index is -0.432. The average molecular weight is 550 g/mol. The van der Waals surface area contributed by atoms with E-state index in [0.29, 0.717) is 27.3 Å². The number of benzene rings is 2. The standard InChI is InChI=1S/C27H24ClN5O4S/c1-15-12-19(16(2)31(15)22-14-18(33(35)36)8-10-24(22)37-3)26-25(20-6-4-5-11-29-20)30-27(38)32(26)21-13-17(28)7-9-23(21)34/h4-14,25-26,34H,1-3H3,(H,30,38)/t25-,26+/m0/s1. The van der Waals surface area contributed by atoms with Crippen LogP contribution in [0.1, 0.15) is 34.7 Å². The second-order valence-electron chi connectivity index (χ2n) is 8.90. The average Bonchev–Trinajstić information content (AvgIpc) is 3.40. The molecule has 2 atom stereocenters. The number of ether oxygens (including phenoxy) is 1. The number of nitro benzene ring substituents is 1. The molecular weight excluding hydrogens is 526 g/mol. The number of non-ortho nitro benzene ring substituents is 1. The number of pyridine rings is 1. The van der Waals surface area contributed by atoms with E-state index in [1.165, 1.54) is 25.3 Å². The first-order chi connectivity index (χ1) is 18.2. The molecule has 1 saturated heterocycles. The van der Waals surface area contributed by atoms with Gasteiger partial charge in [0.05, 0.1) is 41.2 Å². The molecular formula is C27H24ClN5O4S. The van der Waals surface area contributed by atoms with E-state index >= 15 is 0 Å². The van der Waals surface area contributed by atoms with Crippen molar-refractivity contribution in [1.29, 1.82) is 0 Å². The number of hydrogen-bond donors (Lipinski definition) is 2. The number of rotatable bonds is 6. The molecule has 0 radical (unpaired) electrons. The summed E-state index contributed by atoms with van der Waals surface area (Å²) < 4.78 is 7.49. The van der Waals surface area contributed by atoms with E-state index in [2.05, 4.69) is 10.3 Å².